The summed E-state index contributed by atoms with van der Waals surface area (Å²) < 4.78 is 5.28. The Morgan fingerprint density at radius 1 is 1.06 bits per heavy atom. The van der Waals surface area contributed by atoms with E-state index in [1.54, 1.807) is 0 Å². The fourth-order valence-electron chi connectivity index (χ4n) is 1.70. The average Bonchev–Trinajstić information content (AvgIpc) is 2.42. The summed E-state index contributed by atoms with van der Waals surface area (Å²) in [6, 6.07) is 0. The summed E-state index contributed by atoms with van der Waals surface area (Å²) in [5.41, 5.74) is 0. The van der Waals surface area contributed by atoms with Crippen molar-refractivity contribution in [2.24, 2.45) is 0 Å². The van der Waals surface area contributed by atoms with Gasteiger partial charge in [0, 0.05) is 13.1 Å². The van der Waals surface area contributed by atoms with Gasteiger partial charge in [0.15, 0.2) is 0 Å². The smallest absolute Gasteiger partial charge is 0.0942 e. The number of rotatable bonds is 10. The van der Waals surface area contributed by atoms with Gasteiger partial charge >= 0.3 is 0 Å². The zero-order valence-electron chi connectivity index (χ0n) is 10.8. The van der Waals surface area contributed by atoms with Gasteiger partial charge in [0.1, 0.15) is 0 Å². The second-order valence-electron chi connectivity index (χ2n) is 3.98. The zero-order valence-corrected chi connectivity index (χ0v) is 10.8. The highest BCUT2D eigenvalue weighted by Gasteiger charge is 2.11. The highest BCUT2D eigenvalue weighted by Crippen LogP contribution is 2.01. The average molecular weight is 264 g/mol. The highest BCUT2D eigenvalue weighted by atomic mass is 16.9. The molecular weight excluding hydrogens is 240 g/mol. The van der Waals surface area contributed by atoms with Crippen LogP contribution in [0, 0.1) is 0 Å². The van der Waals surface area contributed by atoms with Crippen molar-refractivity contribution in [1.29, 1.82) is 0 Å². The van der Waals surface area contributed by atoms with Crippen molar-refractivity contribution in [3.05, 3.63) is 0 Å². The molecule has 7 heteroatoms. The first-order valence-electron chi connectivity index (χ1n) is 6.42. The van der Waals surface area contributed by atoms with Gasteiger partial charge in [0.05, 0.1) is 46.2 Å². The molecule has 0 spiro atoms. The van der Waals surface area contributed by atoms with Crippen LogP contribution in [-0.2, 0) is 14.4 Å². The molecule has 0 aromatic heterocycles. The fraction of sp³-hybridized carbons (Fsp3) is 1.00. The Bertz CT molecular complexity index is 182. The molecule has 1 rings (SSSR count). The predicted molar refractivity (Wildman–Crippen MR) is 64.7 cm³/mol. The Labute approximate surface area is 108 Å². The molecule has 1 fully saturated rings. The van der Waals surface area contributed by atoms with Crippen molar-refractivity contribution in [1.82, 2.24) is 10.1 Å². The van der Waals surface area contributed by atoms with Crippen LogP contribution in [0.4, 0.5) is 0 Å². The van der Waals surface area contributed by atoms with Crippen LogP contribution in [0.5, 0.6) is 0 Å². The van der Waals surface area contributed by atoms with Crippen molar-refractivity contribution in [2.75, 3.05) is 65.8 Å². The topological polar surface area (TPSA) is 74.6 Å². The van der Waals surface area contributed by atoms with E-state index in [0.717, 1.165) is 39.3 Å². The summed E-state index contributed by atoms with van der Waals surface area (Å²) in [7, 11) is 0. The molecule has 1 heterocycles. The summed E-state index contributed by atoms with van der Waals surface area (Å²) in [5, 5.41) is 18.7. The van der Waals surface area contributed by atoms with Crippen LogP contribution in [0.1, 0.15) is 6.42 Å². The van der Waals surface area contributed by atoms with E-state index < -0.39 is 0 Å². The van der Waals surface area contributed by atoms with Crippen LogP contribution < -0.4 is 0 Å². The highest BCUT2D eigenvalue weighted by molar-refractivity contribution is 4.61. The minimum Gasteiger partial charge on any atom is -0.394 e. The fourth-order valence-corrected chi connectivity index (χ4v) is 1.70. The molecule has 108 valence electrons. The molecule has 0 saturated carbocycles. The Kier molecular flexibility index (Phi) is 9.31. The summed E-state index contributed by atoms with van der Waals surface area (Å²) >= 11 is 0. The third-order valence-corrected chi connectivity index (χ3v) is 2.57. The van der Waals surface area contributed by atoms with Gasteiger partial charge in [0.25, 0.3) is 0 Å². The largest absolute Gasteiger partial charge is 0.394 e. The molecule has 18 heavy (non-hydrogen) atoms. The van der Waals surface area contributed by atoms with E-state index in [-0.39, 0.29) is 26.4 Å². The Morgan fingerprint density at radius 2 is 1.67 bits per heavy atom. The lowest BCUT2D eigenvalue weighted by atomic mass is 10.3. The Hall–Kier alpha value is -0.280. The van der Waals surface area contributed by atoms with Crippen molar-refractivity contribution < 1.29 is 24.6 Å². The molecule has 2 N–H and O–H groups in total. The van der Waals surface area contributed by atoms with Crippen molar-refractivity contribution >= 4 is 0 Å². The van der Waals surface area contributed by atoms with Gasteiger partial charge in [-0.3, -0.25) is 14.6 Å². The number of aliphatic hydroxyl groups excluding tert-OH is 2. The second-order valence-corrected chi connectivity index (χ2v) is 3.98. The van der Waals surface area contributed by atoms with Crippen LogP contribution in [0.25, 0.3) is 0 Å². The molecule has 0 atom stereocenters. The first-order valence-corrected chi connectivity index (χ1v) is 6.42. The summed E-state index contributed by atoms with van der Waals surface area (Å²) in [6.07, 6.45) is 0.900. The number of ether oxygens (including phenoxy) is 1. The van der Waals surface area contributed by atoms with E-state index in [9.17, 15) is 0 Å². The SMILES string of the molecule is OCCON(CCCN1CCOCC1)OCCO. The number of nitrogens with zero attached hydrogens (tertiary/aromatic N) is 2. The van der Waals surface area contributed by atoms with E-state index in [1.807, 2.05) is 0 Å². The maximum Gasteiger partial charge on any atom is 0.0942 e. The first kappa shape index (κ1) is 15.8. The lowest BCUT2D eigenvalue weighted by Gasteiger charge is -2.27. The van der Waals surface area contributed by atoms with Crippen LogP contribution in [-0.4, -0.2) is 86.2 Å². The van der Waals surface area contributed by atoms with Gasteiger partial charge in [-0.25, -0.2) is 0 Å². The lowest BCUT2D eigenvalue weighted by Crippen LogP contribution is -2.38. The van der Waals surface area contributed by atoms with E-state index >= 15 is 0 Å². The molecule has 0 aromatic carbocycles. The summed E-state index contributed by atoms with van der Waals surface area (Å²) in [5.74, 6) is 0. The Morgan fingerprint density at radius 3 is 2.22 bits per heavy atom. The minimum atomic E-state index is -0.0531. The molecule has 1 saturated heterocycles. The number of hydrogen-bond donors (Lipinski definition) is 2. The normalized spacial score (nSPS) is 17.5. The molecule has 0 radical (unpaired) electrons. The van der Waals surface area contributed by atoms with Crippen LogP contribution in [0.2, 0.25) is 0 Å². The monoisotopic (exact) mass is 264 g/mol. The molecular formula is C11H24N2O5. The van der Waals surface area contributed by atoms with Crippen LogP contribution >= 0.6 is 0 Å². The zero-order chi connectivity index (χ0) is 13.1. The number of aliphatic hydroxyl groups is 2. The Balaban J connectivity index is 2.10. The van der Waals surface area contributed by atoms with Gasteiger partial charge < -0.3 is 14.9 Å². The van der Waals surface area contributed by atoms with Gasteiger partial charge in [-0.1, -0.05) is 5.23 Å². The molecule has 0 aromatic rings. The molecule has 1 aliphatic heterocycles. The van der Waals surface area contributed by atoms with Gasteiger partial charge in [-0.05, 0) is 13.0 Å². The number of hydroxylamine groups is 2. The third kappa shape index (κ3) is 7.22. The first-order chi connectivity index (χ1) is 8.86. The van der Waals surface area contributed by atoms with E-state index in [0.29, 0.717) is 6.54 Å². The standard InChI is InChI=1S/C11H24N2O5/c14-6-10-17-13(18-11-7-15)3-1-2-12-4-8-16-9-5-12/h14-15H,1-11H2. The molecule has 1 aliphatic rings. The maximum atomic E-state index is 8.69. The third-order valence-electron chi connectivity index (χ3n) is 2.57. The predicted octanol–water partition coefficient (Wildman–Crippen LogP) is -1.14. The van der Waals surface area contributed by atoms with Crippen molar-refractivity contribution in [3.63, 3.8) is 0 Å². The quantitative estimate of drug-likeness (QED) is 0.483. The summed E-state index contributed by atoms with van der Waals surface area (Å²) in [4.78, 5) is 12.7. The lowest BCUT2D eigenvalue weighted by molar-refractivity contribution is -0.371. The molecule has 7 nitrogen and oxygen atoms in total. The van der Waals surface area contributed by atoms with Crippen molar-refractivity contribution in [3.8, 4) is 0 Å². The van der Waals surface area contributed by atoms with Gasteiger partial charge in [-0.2, -0.15) is 0 Å². The van der Waals surface area contributed by atoms with Gasteiger partial charge in [0.2, 0.25) is 0 Å². The molecule has 0 bridgehead atoms. The minimum absolute atomic E-state index is 0.0531. The second kappa shape index (κ2) is 10.6. The van der Waals surface area contributed by atoms with Crippen molar-refractivity contribution in [2.45, 2.75) is 6.42 Å². The maximum absolute atomic E-state index is 8.69. The summed E-state index contributed by atoms with van der Waals surface area (Å²) in [6.45, 7) is 5.39. The molecule has 0 amide bonds. The van der Waals surface area contributed by atoms with Crippen LogP contribution in [0.15, 0.2) is 0 Å². The van der Waals surface area contributed by atoms with E-state index in [2.05, 4.69) is 4.90 Å². The number of morpholine rings is 1. The van der Waals surface area contributed by atoms with E-state index in [4.69, 9.17) is 24.6 Å². The molecule has 0 unspecified atom stereocenters. The van der Waals surface area contributed by atoms with Gasteiger partial charge in [-0.15, -0.1) is 0 Å². The molecule has 0 aliphatic carbocycles. The van der Waals surface area contributed by atoms with E-state index in [1.165, 1.54) is 5.23 Å². The van der Waals surface area contributed by atoms with Crippen LogP contribution in [0.3, 0.4) is 0 Å². The number of hydrogen-bond acceptors (Lipinski definition) is 7.